The Hall–Kier alpha value is -1.98. The van der Waals surface area contributed by atoms with E-state index in [-0.39, 0.29) is 5.91 Å². The minimum absolute atomic E-state index is 0.0975. The molecule has 0 fully saturated rings. The molecule has 1 aromatic carbocycles. The molecule has 22 heavy (non-hydrogen) atoms. The number of nitrogens with zero attached hydrogens (tertiary/aromatic N) is 1. The third-order valence-electron chi connectivity index (χ3n) is 3.54. The highest BCUT2D eigenvalue weighted by atomic mass is 32.1. The molecule has 0 aliphatic rings. The van der Waals surface area contributed by atoms with E-state index < -0.39 is 0 Å². The number of benzene rings is 1. The van der Waals surface area contributed by atoms with E-state index >= 15 is 0 Å². The fourth-order valence-corrected chi connectivity index (χ4v) is 3.80. The molecule has 112 valence electrons. The number of aromatic nitrogens is 1. The van der Waals surface area contributed by atoms with Crippen molar-refractivity contribution in [1.29, 1.82) is 0 Å². The summed E-state index contributed by atoms with van der Waals surface area (Å²) in [7, 11) is 0. The lowest BCUT2D eigenvalue weighted by molar-refractivity contribution is 0.103. The number of thiazole rings is 1. The average Bonchev–Trinajstić information content (AvgIpc) is 3.12. The molecule has 2 aromatic heterocycles. The zero-order valence-electron chi connectivity index (χ0n) is 12.6. The lowest BCUT2D eigenvalue weighted by atomic mass is 10.1. The van der Waals surface area contributed by atoms with Gasteiger partial charge >= 0.3 is 0 Å². The molecule has 3 rings (SSSR count). The Morgan fingerprint density at radius 3 is 2.64 bits per heavy atom. The van der Waals surface area contributed by atoms with Gasteiger partial charge < -0.3 is 5.32 Å². The van der Waals surface area contributed by atoms with Crippen LogP contribution in [-0.4, -0.2) is 10.9 Å². The Morgan fingerprint density at radius 1 is 1.14 bits per heavy atom. The normalized spacial score (nSPS) is 10.7. The third-order valence-corrected chi connectivity index (χ3v) is 5.42. The third kappa shape index (κ3) is 2.96. The van der Waals surface area contributed by atoms with Gasteiger partial charge in [-0.3, -0.25) is 4.79 Å². The van der Waals surface area contributed by atoms with Crippen LogP contribution in [0.15, 0.2) is 35.0 Å². The van der Waals surface area contributed by atoms with Crippen LogP contribution in [0.1, 0.15) is 26.5 Å². The molecule has 3 aromatic rings. The maximum atomic E-state index is 12.5. The highest BCUT2D eigenvalue weighted by Crippen LogP contribution is 2.30. The summed E-state index contributed by atoms with van der Waals surface area (Å²) in [5, 5.41) is 7.91. The smallest absolute Gasteiger partial charge is 0.267 e. The summed E-state index contributed by atoms with van der Waals surface area (Å²) in [6.45, 7) is 5.97. The molecule has 1 amide bonds. The van der Waals surface area contributed by atoms with Crippen molar-refractivity contribution < 1.29 is 4.79 Å². The monoisotopic (exact) mass is 328 g/mol. The van der Waals surface area contributed by atoms with Crippen molar-refractivity contribution in [3.8, 4) is 10.6 Å². The predicted octanol–water partition coefficient (Wildman–Crippen LogP) is 5.05. The first-order valence-electron chi connectivity index (χ1n) is 6.93. The largest absolute Gasteiger partial charge is 0.321 e. The van der Waals surface area contributed by atoms with Gasteiger partial charge in [-0.2, -0.15) is 11.3 Å². The number of rotatable bonds is 3. The van der Waals surface area contributed by atoms with Crippen molar-refractivity contribution in [2.75, 3.05) is 5.32 Å². The molecule has 0 atom stereocenters. The average molecular weight is 328 g/mol. The molecule has 2 heterocycles. The van der Waals surface area contributed by atoms with Crippen LogP contribution in [0.5, 0.6) is 0 Å². The number of amides is 1. The van der Waals surface area contributed by atoms with Gasteiger partial charge in [0.05, 0.1) is 5.69 Å². The number of carbonyl (C=O) groups excluding carboxylic acids is 1. The Balaban J connectivity index is 1.84. The second-order valence-corrected chi connectivity index (χ2v) is 6.98. The molecule has 0 saturated carbocycles. The first kappa shape index (κ1) is 14.9. The molecule has 0 aliphatic heterocycles. The van der Waals surface area contributed by atoms with Gasteiger partial charge in [0.2, 0.25) is 0 Å². The van der Waals surface area contributed by atoms with Crippen LogP contribution >= 0.6 is 22.7 Å². The van der Waals surface area contributed by atoms with Crippen molar-refractivity contribution in [1.82, 2.24) is 4.98 Å². The first-order valence-corrected chi connectivity index (χ1v) is 8.69. The molecule has 0 aliphatic carbocycles. The Labute approximate surface area is 137 Å². The zero-order chi connectivity index (χ0) is 15.7. The number of carbonyl (C=O) groups is 1. The van der Waals surface area contributed by atoms with Crippen LogP contribution in [-0.2, 0) is 0 Å². The second-order valence-electron chi connectivity index (χ2n) is 5.20. The number of aryl methyl sites for hydroxylation is 3. The lowest BCUT2D eigenvalue weighted by Crippen LogP contribution is -2.11. The van der Waals surface area contributed by atoms with Gasteiger partial charge in [-0.05, 0) is 55.5 Å². The van der Waals surface area contributed by atoms with Gasteiger partial charge in [-0.15, -0.1) is 11.3 Å². The molecule has 0 saturated heterocycles. The van der Waals surface area contributed by atoms with Gasteiger partial charge in [-0.25, -0.2) is 4.98 Å². The lowest BCUT2D eigenvalue weighted by Gasteiger charge is -2.06. The van der Waals surface area contributed by atoms with Crippen molar-refractivity contribution in [2.45, 2.75) is 20.8 Å². The molecule has 0 unspecified atom stereocenters. The summed E-state index contributed by atoms with van der Waals surface area (Å²) >= 11 is 3.07. The molecule has 0 radical (unpaired) electrons. The van der Waals surface area contributed by atoms with Crippen LogP contribution in [0.25, 0.3) is 10.6 Å². The van der Waals surface area contributed by atoms with Gasteiger partial charge in [-0.1, -0.05) is 6.07 Å². The van der Waals surface area contributed by atoms with E-state index in [1.54, 1.807) is 11.3 Å². The topological polar surface area (TPSA) is 42.0 Å². The highest BCUT2D eigenvalue weighted by molar-refractivity contribution is 7.17. The summed E-state index contributed by atoms with van der Waals surface area (Å²) in [5.74, 6) is -0.0975. The quantitative estimate of drug-likeness (QED) is 0.731. The molecular formula is C17H16N2OS2. The molecule has 3 nitrogen and oxygen atoms in total. The summed E-state index contributed by atoms with van der Waals surface area (Å²) < 4.78 is 0. The standard InChI is InChI=1S/C17H16N2OS2/c1-10-4-5-14(8-11(10)2)19-16(20)15-12(3)18-17(22-15)13-6-7-21-9-13/h4-9H,1-3H3,(H,19,20). The van der Waals surface area contributed by atoms with E-state index in [4.69, 9.17) is 0 Å². The maximum Gasteiger partial charge on any atom is 0.267 e. The zero-order valence-corrected chi connectivity index (χ0v) is 14.3. The van der Waals surface area contributed by atoms with E-state index in [1.165, 1.54) is 16.9 Å². The van der Waals surface area contributed by atoms with E-state index in [1.807, 2.05) is 48.9 Å². The minimum atomic E-state index is -0.0975. The van der Waals surface area contributed by atoms with Gasteiger partial charge in [0, 0.05) is 16.6 Å². The van der Waals surface area contributed by atoms with Crippen LogP contribution in [0.2, 0.25) is 0 Å². The van der Waals surface area contributed by atoms with E-state index in [9.17, 15) is 4.79 Å². The van der Waals surface area contributed by atoms with Crippen molar-refractivity contribution >= 4 is 34.3 Å². The van der Waals surface area contributed by atoms with Gasteiger partial charge in [0.15, 0.2) is 0 Å². The van der Waals surface area contributed by atoms with Crippen molar-refractivity contribution in [2.24, 2.45) is 0 Å². The van der Waals surface area contributed by atoms with Gasteiger partial charge in [0.1, 0.15) is 9.88 Å². The first-order chi connectivity index (χ1) is 10.5. The van der Waals surface area contributed by atoms with E-state index in [2.05, 4.69) is 17.2 Å². The summed E-state index contributed by atoms with van der Waals surface area (Å²) in [4.78, 5) is 17.7. The molecule has 0 spiro atoms. The number of nitrogens with one attached hydrogen (secondary N) is 1. The fraction of sp³-hybridized carbons (Fsp3) is 0.176. The summed E-state index contributed by atoms with van der Waals surface area (Å²) in [6.07, 6.45) is 0. The summed E-state index contributed by atoms with van der Waals surface area (Å²) in [5.41, 5.74) is 5.04. The predicted molar refractivity (Wildman–Crippen MR) is 94.0 cm³/mol. The molecular weight excluding hydrogens is 312 g/mol. The Bertz CT molecular complexity index is 819. The van der Waals surface area contributed by atoms with Crippen molar-refractivity contribution in [3.05, 3.63) is 56.7 Å². The Morgan fingerprint density at radius 2 is 1.95 bits per heavy atom. The summed E-state index contributed by atoms with van der Waals surface area (Å²) in [6, 6.07) is 7.95. The number of thiophene rings is 1. The van der Waals surface area contributed by atoms with Crippen LogP contribution in [0.3, 0.4) is 0 Å². The molecule has 1 N–H and O–H groups in total. The molecule has 5 heteroatoms. The van der Waals surface area contributed by atoms with Crippen LogP contribution in [0.4, 0.5) is 5.69 Å². The molecule has 0 bridgehead atoms. The number of anilines is 1. The fourth-order valence-electron chi connectivity index (χ4n) is 2.12. The number of hydrogen-bond acceptors (Lipinski definition) is 4. The maximum absolute atomic E-state index is 12.5. The highest BCUT2D eigenvalue weighted by Gasteiger charge is 2.16. The van der Waals surface area contributed by atoms with E-state index in [0.29, 0.717) is 4.88 Å². The SMILES string of the molecule is Cc1ccc(NC(=O)c2sc(-c3ccsc3)nc2C)cc1C. The van der Waals surface area contributed by atoms with Crippen molar-refractivity contribution in [3.63, 3.8) is 0 Å². The minimum Gasteiger partial charge on any atom is -0.321 e. The van der Waals surface area contributed by atoms with Gasteiger partial charge in [0.25, 0.3) is 5.91 Å². The van der Waals surface area contributed by atoms with Crippen LogP contribution < -0.4 is 5.32 Å². The second kappa shape index (κ2) is 6.02. The van der Waals surface area contributed by atoms with E-state index in [0.717, 1.165) is 27.5 Å². The Kier molecular flexibility index (Phi) is 4.09. The van der Waals surface area contributed by atoms with Crippen LogP contribution in [0, 0.1) is 20.8 Å². The number of hydrogen-bond donors (Lipinski definition) is 1.